The van der Waals surface area contributed by atoms with Gasteiger partial charge in [0.2, 0.25) is 0 Å². The highest BCUT2D eigenvalue weighted by Crippen LogP contribution is 2.28. The second kappa shape index (κ2) is 8.01. The van der Waals surface area contributed by atoms with Crippen molar-refractivity contribution in [3.63, 3.8) is 0 Å². The summed E-state index contributed by atoms with van der Waals surface area (Å²) >= 11 is 7.58. The van der Waals surface area contributed by atoms with Crippen LogP contribution >= 0.6 is 22.9 Å². The molecule has 1 aliphatic heterocycles. The molecule has 0 amide bonds. The number of benzene rings is 1. The van der Waals surface area contributed by atoms with Crippen molar-refractivity contribution in [2.24, 2.45) is 0 Å². The summed E-state index contributed by atoms with van der Waals surface area (Å²) in [6.07, 6.45) is 7.16. The van der Waals surface area contributed by atoms with Crippen LogP contribution in [-0.2, 0) is 31.5 Å². The topological polar surface area (TPSA) is 46.8 Å². The first-order valence-corrected chi connectivity index (χ1v) is 11.8. The van der Waals surface area contributed by atoms with Crippen LogP contribution in [0.3, 0.4) is 0 Å². The van der Waals surface area contributed by atoms with Gasteiger partial charge in [-0.15, -0.1) is 11.3 Å². The highest BCUT2D eigenvalue weighted by Gasteiger charge is 2.23. The van der Waals surface area contributed by atoms with Crippen molar-refractivity contribution < 1.29 is 0 Å². The van der Waals surface area contributed by atoms with Gasteiger partial charge in [-0.2, -0.15) is 0 Å². The lowest BCUT2D eigenvalue weighted by atomic mass is 9.95. The monoisotopic (exact) mass is 451 g/mol. The molecule has 0 radical (unpaired) electrons. The van der Waals surface area contributed by atoms with Crippen molar-refractivity contribution in [1.82, 2.24) is 24.4 Å². The van der Waals surface area contributed by atoms with Crippen LogP contribution in [0.15, 0.2) is 42.9 Å². The van der Waals surface area contributed by atoms with Gasteiger partial charge in [0.25, 0.3) is 0 Å². The maximum absolute atomic E-state index is 6.04. The molecule has 0 fully saturated rings. The maximum Gasteiger partial charge on any atom is 0.183 e. The fourth-order valence-electron chi connectivity index (χ4n) is 4.22. The normalized spacial score (nSPS) is 14.8. The van der Waals surface area contributed by atoms with E-state index < -0.39 is 0 Å². The van der Waals surface area contributed by atoms with Gasteiger partial charge in [-0.25, -0.2) is 15.0 Å². The number of hydrogen-bond donors (Lipinski definition) is 0. The summed E-state index contributed by atoms with van der Waals surface area (Å²) in [6, 6.07) is 8.63. The second-order valence-corrected chi connectivity index (χ2v) is 11.0. The van der Waals surface area contributed by atoms with Crippen molar-refractivity contribution in [3.05, 3.63) is 74.8 Å². The van der Waals surface area contributed by atoms with Crippen LogP contribution < -0.4 is 0 Å². The number of halogens is 1. The molecule has 1 aromatic carbocycles. The van der Waals surface area contributed by atoms with Crippen LogP contribution in [0.25, 0.3) is 10.9 Å². The van der Waals surface area contributed by atoms with Gasteiger partial charge < -0.3 is 4.57 Å². The van der Waals surface area contributed by atoms with E-state index in [4.69, 9.17) is 16.6 Å². The molecule has 7 heteroatoms. The number of hydrogen-bond acceptors (Lipinski definition) is 5. The van der Waals surface area contributed by atoms with E-state index in [-0.39, 0.29) is 5.41 Å². The molecule has 0 aliphatic carbocycles. The van der Waals surface area contributed by atoms with E-state index in [0.717, 1.165) is 43.3 Å². The van der Waals surface area contributed by atoms with E-state index in [0.29, 0.717) is 4.47 Å². The molecule has 0 unspecified atom stereocenters. The molecular formula is C24H26ClN5S. The number of para-hydroxylation sites is 1. The Labute approximate surface area is 191 Å². The summed E-state index contributed by atoms with van der Waals surface area (Å²) < 4.78 is 2.90. The lowest BCUT2D eigenvalue weighted by Gasteiger charge is -2.29. The molecule has 3 aromatic heterocycles. The van der Waals surface area contributed by atoms with E-state index in [1.807, 2.05) is 12.4 Å². The molecule has 0 atom stereocenters. The average Bonchev–Trinajstić information content (AvgIpc) is 3.31. The van der Waals surface area contributed by atoms with Gasteiger partial charge >= 0.3 is 0 Å². The second-order valence-electron chi connectivity index (χ2n) is 9.26. The first-order valence-electron chi connectivity index (χ1n) is 10.6. The minimum atomic E-state index is -0.0176. The summed E-state index contributed by atoms with van der Waals surface area (Å²) in [5, 5.41) is 1.31. The Hall–Kier alpha value is -2.28. The zero-order valence-corrected chi connectivity index (χ0v) is 19.7. The molecular weight excluding hydrogens is 426 g/mol. The third-order valence-electron chi connectivity index (χ3n) is 5.80. The standard InChI is InChI=1S/C24H26ClN5S/c1-24(2,3)22-26-10-16-12-29(9-8-20(16)28-22)13-17-14-30(15-18-11-27-23(25)31-18)21-7-5-4-6-19(17)21/h4-7,10-11,14H,8-9,12-13,15H2,1-3H3. The van der Waals surface area contributed by atoms with Crippen LogP contribution in [-0.4, -0.2) is 31.0 Å². The molecule has 0 N–H and O–H groups in total. The van der Waals surface area contributed by atoms with Gasteiger partial charge in [-0.3, -0.25) is 4.90 Å². The number of rotatable bonds is 4. The van der Waals surface area contributed by atoms with Crippen LogP contribution in [0, 0.1) is 0 Å². The first-order chi connectivity index (χ1) is 14.9. The Morgan fingerprint density at radius 2 is 1.94 bits per heavy atom. The number of nitrogens with zero attached hydrogens (tertiary/aromatic N) is 5. The molecule has 0 saturated heterocycles. The third kappa shape index (κ3) is 4.25. The van der Waals surface area contributed by atoms with E-state index in [1.165, 1.54) is 27.7 Å². The summed E-state index contributed by atoms with van der Waals surface area (Å²) in [6.45, 7) is 10.1. The SMILES string of the molecule is CC(C)(C)c1ncc2c(n1)CCN(Cc1cn(Cc3cnc(Cl)s3)c3ccccc13)C2. The molecule has 4 aromatic rings. The molecule has 5 nitrogen and oxygen atoms in total. The van der Waals surface area contributed by atoms with Crippen LogP contribution in [0.2, 0.25) is 4.47 Å². The van der Waals surface area contributed by atoms with E-state index in [9.17, 15) is 0 Å². The van der Waals surface area contributed by atoms with Gasteiger partial charge in [0.1, 0.15) is 5.82 Å². The van der Waals surface area contributed by atoms with E-state index >= 15 is 0 Å². The highest BCUT2D eigenvalue weighted by atomic mass is 35.5. The summed E-state index contributed by atoms with van der Waals surface area (Å²) in [7, 11) is 0. The largest absolute Gasteiger partial charge is 0.342 e. The van der Waals surface area contributed by atoms with Gasteiger partial charge in [0, 0.05) is 77.1 Å². The maximum atomic E-state index is 6.04. The number of aromatic nitrogens is 4. The molecule has 160 valence electrons. The predicted molar refractivity (Wildman–Crippen MR) is 127 cm³/mol. The van der Waals surface area contributed by atoms with Crippen molar-refractivity contribution in [3.8, 4) is 0 Å². The summed E-state index contributed by atoms with van der Waals surface area (Å²) in [5.74, 6) is 0.936. The Morgan fingerprint density at radius 1 is 1.10 bits per heavy atom. The Morgan fingerprint density at radius 3 is 2.71 bits per heavy atom. The van der Waals surface area contributed by atoms with Gasteiger partial charge in [-0.1, -0.05) is 50.6 Å². The molecule has 0 bridgehead atoms. The van der Waals surface area contributed by atoms with Crippen LogP contribution in [0.4, 0.5) is 0 Å². The molecule has 5 rings (SSSR count). The van der Waals surface area contributed by atoms with Crippen LogP contribution in [0.5, 0.6) is 0 Å². The minimum Gasteiger partial charge on any atom is -0.342 e. The zero-order valence-electron chi connectivity index (χ0n) is 18.1. The van der Waals surface area contributed by atoms with Gasteiger partial charge in [0.05, 0.1) is 6.54 Å². The Balaban J connectivity index is 1.39. The molecule has 31 heavy (non-hydrogen) atoms. The summed E-state index contributed by atoms with van der Waals surface area (Å²) in [5.41, 5.74) is 5.04. The molecule has 1 aliphatic rings. The highest BCUT2D eigenvalue weighted by molar-refractivity contribution is 7.15. The van der Waals surface area contributed by atoms with E-state index in [1.54, 1.807) is 11.3 Å². The lowest BCUT2D eigenvalue weighted by Crippen LogP contribution is -2.31. The zero-order chi connectivity index (χ0) is 21.6. The first kappa shape index (κ1) is 20.6. The van der Waals surface area contributed by atoms with Crippen molar-refractivity contribution >= 4 is 33.8 Å². The quantitative estimate of drug-likeness (QED) is 0.414. The summed E-state index contributed by atoms with van der Waals surface area (Å²) in [4.78, 5) is 17.4. The predicted octanol–water partition coefficient (Wildman–Crippen LogP) is 5.45. The minimum absolute atomic E-state index is 0.0176. The molecule has 0 saturated carbocycles. The average molecular weight is 452 g/mol. The van der Waals surface area contributed by atoms with Crippen molar-refractivity contribution in [1.29, 1.82) is 0 Å². The lowest BCUT2D eigenvalue weighted by molar-refractivity contribution is 0.243. The fraction of sp³-hybridized carbons (Fsp3) is 0.375. The smallest absolute Gasteiger partial charge is 0.183 e. The van der Waals surface area contributed by atoms with Crippen molar-refractivity contribution in [2.45, 2.75) is 52.2 Å². The molecule has 0 spiro atoms. The van der Waals surface area contributed by atoms with Crippen molar-refractivity contribution in [2.75, 3.05) is 6.54 Å². The van der Waals surface area contributed by atoms with Crippen LogP contribution in [0.1, 0.15) is 48.3 Å². The van der Waals surface area contributed by atoms with E-state index in [2.05, 4.69) is 70.7 Å². The number of fused-ring (bicyclic) bond motifs is 2. The Bertz CT molecular complexity index is 1240. The third-order valence-corrected chi connectivity index (χ3v) is 6.90. The molecule has 4 heterocycles. The number of thiazole rings is 1. The van der Waals surface area contributed by atoms with Gasteiger partial charge in [0.15, 0.2) is 4.47 Å². The fourth-order valence-corrected chi connectivity index (χ4v) is 5.19. The Kier molecular flexibility index (Phi) is 5.32. The van der Waals surface area contributed by atoms with Gasteiger partial charge in [-0.05, 0) is 11.6 Å².